The molecule has 1 aliphatic heterocycles. The summed E-state index contributed by atoms with van der Waals surface area (Å²) in [7, 11) is 1.64. The molecule has 0 unspecified atom stereocenters. The molecule has 1 aliphatic rings. The summed E-state index contributed by atoms with van der Waals surface area (Å²) in [6, 6.07) is 13.6. The SMILES string of the molecule is COc1cccc2c1Oc1ccccc1N2. The second-order valence-corrected chi connectivity index (χ2v) is 3.56. The first kappa shape index (κ1) is 9.09. The lowest BCUT2D eigenvalue weighted by Crippen LogP contribution is -2.03. The van der Waals surface area contributed by atoms with E-state index >= 15 is 0 Å². The van der Waals surface area contributed by atoms with Crippen molar-refractivity contribution in [2.24, 2.45) is 0 Å². The van der Waals surface area contributed by atoms with Crippen LogP contribution in [0.5, 0.6) is 17.2 Å². The smallest absolute Gasteiger partial charge is 0.192 e. The van der Waals surface area contributed by atoms with E-state index in [1.807, 2.05) is 42.5 Å². The molecular formula is C13H11NO2. The van der Waals surface area contributed by atoms with E-state index < -0.39 is 0 Å². The summed E-state index contributed by atoms with van der Waals surface area (Å²) in [5.74, 6) is 2.29. The van der Waals surface area contributed by atoms with Crippen LogP contribution in [0.15, 0.2) is 42.5 Å². The zero-order valence-electron chi connectivity index (χ0n) is 8.86. The molecule has 0 bridgehead atoms. The molecule has 0 fully saturated rings. The largest absolute Gasteiger partial charge is 0.493 e. The first-order valence-electron chi connectivity index (χ1n) is 5.09. The molecule has 0 saturated carbocycles. The van der Waals surface area contributed by atoms with Crippen molar-refractivity contribution in [2.45, 2.75) is 0 Å². The minimum Gasteiger partial charge on any atom is -0.493 e. The maximum absolute atomic E-state index is 5.81. The van der Waals surface area contributed by atoms with Crippen molar-refractivity contribution < 1.29 is 9.47 Å². The van der Waals surface area contributed by atoms with Crippen LogP contribution in [0.2, 0.25) is 0 Å². The molecule has 3 rings (SSSR count). The van der Waals surface area contributed by atoms with E-state index in [0.29, 0.717) is 0 Å². The molecule has 3 heteroatoms. The zero-order chi connectivity index (χ0) is 11.0. The van der Waals surface area contributed by atoms with Gasteiger partial charge in [0.2, 0.25) is 0 Å². The third-order valence-electron chi connectivity index (χ3n) is 2.57. The number of methoxy groups -OCH3 is 1. The summed E-state index contributed by atoms with van der Waals surface area (Å²) in [6.07, 6.45) is 0. The predicted octanol–water partition coefficient (Wildman–Crippen LogP) is 3.54. The Morgan fingerprint density at radius 3 is 2.69 bits per heavy atom. The second kappa shape index (κ2) is 3.45. The van der Waals surface area contributed by atoms with Crippen molar-refractivity contribution in [2.75, 3.05) is 12.4 Å². The van der Waals surface area contributed by atoms with Crippen LogP contribution in [-0.4, -0.2) is 7.11 Å². The Labute approximate surface area is 93.6 Å². The zero-order valence-corrected chi connectivity index (χ0v) is 8.86. The van der Waals surface area contributed by atoms with Gasteiger partial charge in [-0.3, -0.25) is 0 Å². The molecule has 16 heavy (non-hydrogen) atoms. The van der Waals surface area contributed by atoms with Crippen LogP contribution in [0, 0.1) is 0 Å². The lowest BCUT2D eigenvalue weighted by Gasteiger charge is -2.22. The first-order valence-corrected chi connectivity index (χ1v) is 5.09. The lowest BCUT2D eigenvalue weighted by atomic mass is 10.2. The highest BCUT2D eigenvalue weighted by Crippen LogP contribution is 2.46. The lowest BCUT2D eigenvalue weighted by molar-refractivity contribution is 0.378. The van der Waals surface area contributed by atoms with Crippen LogP contribution in [-0.2, 0) is 0 Å². The monoisotopic (exact) mass is 213 g/mol. The van der Waals surface area contributed by atoms with Crippen molar-refractivity contribution in [1.82, 2.24) is 0 Å². The van der Waals surface area contributed by atoms with Crippen molar-refractivity contribution in [3.05, 3.63) is 42.5 Å². The Morgan fingerprint density at radius 1 is 1.00 bits per heavy atom. The van der Waals surface area contributed by atoms with Crippen molar-refractivity contribution in [1.29, 1.82) is 0 Å². The van der Waals surface area contributed by atoms with Crippen LogP contribution in [0.1, 0.15) is 0 Å². The van der Waals surface area contributed by atoms with E-state index in [9.17, 15) is 0 Å². The van der Waals surface area contributed by atoms with Gasteiger partial charge < -0.3 is 14.8 Å². The van der Waals surface area contributed by atoms with E-state index in [0.717, 1.165) is 28.6 Å². The van der Waals surface area contributed by atoms with Crippen LogP contribution in [0.25, 0.3) is 0 Å². The Kier molecular flexibility index (Phi) is 1.96. The minimum atomic E-state index is 0.736. The fraction of sp³-hybridized carbons (Fsp3) is 0.0769. The van der Waals surface area contributed by atoms with Crippen molar-refractivity contribution in [3.8, 4) is 17.2 Å². The third-order valence-corrected chi connectivity index (χ3v) is 2.57. The Morgan fingerprint density at radius 2 is 1.81 bits per heavy atom. The van der Waals surface area contributed by atoms with Gasteiger partial charge in [-0.25, -0.2) is 0 Å². The average molecular weight is 213 g/mol. The van der Waals surface area contributed by atoms with Gasteiger partial charge in [-0.2, -0.15) is 0 Å². The Hall–Kier alpha value is -2.16. The minimum absolute atomic E-state index is 0.736. The fourth-order valence-electron chi connectivity index (χ4n) is 1.79. The molecule has 0 amide bonds. The molecule has 0 aromatic heterocycles. The molecule has 1 heterocycles. The maximum Gasteiger partial charge on any atom is 0.192 e. The van der Waals surface area contributed by atoms with E-state index in [2.05, 4.69) is 5.32 Å². The number of nitrogens with one attached hydrogen (secondary N) is 1. The number of hydrogen-bond acceptors (Lipinski definition) is 3. The van der Waals surface area contributed by atoms with Gasteiger partial charge in [-0.05, 0) is 24.3 Å². The van der Waals surface area contributed by atoms with E-state index in [1.165, 1.54) is 0 Å². The molecule has 0 aliphatic carbocycles. The predicted molar refractivity (Wildman–Crippen MR) is 62.8 cm³/mol. The second-order valence-electron chi connectivity index (χ2n) is 3.56. The van der Waals surface area contributed by atoms with E-state index in [1.54, 1.807) is 7.11 Å². The van der Waals surface area contributed by atoms with E-state index in [-0.39, 0.29) is 0 Å². The molecule has 80 valence electrons. The van der Waals surface area contributed by atoms with Gasteiger partial charge in [0.05, 0.1) is 18.5 Å². The number of ether oxygens (including phenoxy) is 2. The van der Waals surface area contributed by atoms with Gasteiger partial charge in [-0.1, -0.05) is 18.2 Å². The van der Waals surface area contributed by atoms with Crippen LogP contribution >= 0.6 is 0 Å². The van der Waals surface area contributed by atoms with Crippen LogP contribution in [0.4, 0.5) is 11.4 Å². The maximum atomic E-state index is 5.81. The number of anilines is 2. The van der Waals surface area contributed by atoms with Crippen LogP contribution < -0.4 is 14.8 Å². The Balaban J connectivity index is 2.12. The van der Waals surface area contributed by atoms with Gasteiger partial charge in [0.25, 0.3) is 0 Å². The quantitative estimate of drug-likeness (QED) is 0.670. The Bertz CT molecular complexity index is 537. The summed E-state index contributed by atoms with van der Waals surface area (Å²) >= 11 is 0. The van der Waals surface area contributed by atoms with Crippen molar-refractivity contribution >= 4 is 11.4 Å². The van der Waals surface area contributed by atoms with Gasteiger partial charge in [-0.15, -0.1) is 0 Å². The topological polar surface area (TPSA) is 30.5 Å². The summed E-state index contributed by atoms with van der Waals surface area (Å²) in [5, 5.41) is 3.31. The number of benzene rings is 2. The molecule has 2 aromatic carbocycles. The van der Waals surface area contributed by atoms with Gasteiger partial charge in [0.1, 0.15) is 0 Å². The summed E-state index contributed by atoms with van der Waals surface area (Å²) in [5.41, 5.74) is 1.90. The molecule has 3 nitrogen and oxygen atoms in total. The third kappa shape index (κ3) is 1.29. The molecule has 0 saturated heterocycles. The summed E-state index contributed by atoms with van der Waals surface area (Å²) in [4.78, 5) is 0. The molecule has 2 aromatic rings. The summed E-state index contributed by atoms with van der Waals surface area (Å²) in [6.45, 7) is 0. The van der Waals surface area contributed by atoms with Crippen molar-refractivity contribution in [3.63, 3.8) is 0 Å². The number of hydrogen-bond donors (Lipinski definition) is 1. The average Bonchev–Trinajstić information content (AvgIpc) is 2.35. The first-order chi connectivity index (χ1) is 7.88. The number of fused-ring (bicyclic) bond motifs is 2. The molecule has 0 radical (unpaired) electrons. The number of rotatable bonds is 1. The standard InChI is InChI=1S/C13H11NO2/c1-15-12-8-4-6-10-13(12)16-11-7-3-2-5-9(11)14-10/h2-8,14H,1H3. The highest BCUT2D eigenvalue weighted by Gasteiger charge is 2.18. The molecular weight excluding hydrogens is 202 g/mol. The van der Waals surface area contributed by atoms with E-state index in [4.69, 9.17) is 9.47 Å². The van der Waals surface area contributed by atoms with Gasteiger partial charge in [0.15, 0.2) is 17.2 Å². The van der Waals surface area contributed by atoms with Gasteiger partial charge in [0, 0.05) is 0 Å². The number of para-hydroxylation sites is 3. The molecule has 1 N–H and O–H groups in total. The molecule has 0 atom stereocenters. The normalized spacial score (nSPS) is 11.8. The highest BCUT2D eigenvalue weighted by atomic mass is 16.5. The highest BCUT2D eigenvalue weighted by molar-refractivity contribution is 5.77. The summed E-state index contributed by atoms with van der Waals surface area (Å²) < 4.78 is 11.1. The van der Waals surface area contributed by atoms with Crippen LogP contribution in [0.3, 0.4) is 0 Å². The molecule has 0 spiro atoms. The van der Waals surface area contributed by atoms with Gasteiger partial charge >= 0.3 is 0 Å². The fourth-order valence-corrected chi connectivity index (χ4v) is 1.79.